The molecule has 0 bridgehead atoms. The van der Waals surface area contributed by atoms with Gasteiger partial charge in [-0.05, 0) is 19.1 Å². The number of nitrogens with one attached hydrogen (secondary N) is 3. The first-order valence-corrected chi connectivity index (χ1v) is 8.51. The molecule has 8 nitrogen and oxygen atoms in total. The van der Waals surface area contributed by atoms with Crippen LogP contribution in [0.3, 0.4) is 0 Å². The minimum Gasteiger partial charge on any atom is -0.357 e. The number of rotatable bonds is 6. The van der Waals surface area contributed by atoms with Gasteiger partial charge in [0.2, 0.25) is 5.91 Å². The quantitative estimate of drug-likeness (QED) is 0.411. The van der Waals surface area contributed by atoms with E-state index in [2.05, 4.69) is 31.1 Å². The van der Waals surface area contributed by atoms with Crippen LogP contribution in [0.4, 0.5) is 0 Å². The zero-order valence-electron chi connectivity index (χ0n) is 15.3. The van der Waals surface area contributed by atoms with Crippen LogP contribution in [0.2, 0.25) is 0 Å². The van der Waals surface area contributed by atoms with E-state index in [1.54, 1.807) is 0 Å². The Morgan fingerprint density at radius 3 is 2.64 bits per heavy atom. The maximum Gasteiger partial charge on any atom is 0.225 e. The monoisotopic (exact) mass is 345 g/mol. The number of aromatic nitrogens is 3. The zero-order chi connectivity index (χ0) is 18.3. The Morgan fingerprint density at radius 1 is 1.16 bits per heavy atom. The minimum atomic E-state index is -0.382. The third-order valence-corrected chi connectivity index (χ3v) is 3.49. The fraction of sp³-hybridized carbons (Fsp3) is 0.529. The molecule has 136 valence electrons. The summed E-state index contributed by atoms with van der Waals surface area (Å²) in [5.41, 5.74) is 0.420. The predicted molar refractivity (Wildman–Crippen MR) is 98.3 cm³/mol. The van der Waals surface area contributed by atoms with Gasteiger partial charge in [0.25, 0.3) is 0 Å². The van der Waals surface area contributed by atoms with Gasteiger partial charge in [-0.25, -0.2) is 4.99 Å². The zero-order valence-corrected chi connectivity index (χ0v) is 15.3. The van der Waals surface area contributed by atoms with E-state index in [0.717, 1.165) is 18.0 Å². The van der Waals surface area contributed by atoms with Gasteiger partial charge in [0.1, 0.15) is 6.54 Å². The molecule has 0 spiro atoms. The SMILES string of the molecule is CCNC(=NCc1nnc2ccccn12)NCCNC(=O)C(C)(C)C. The lowest BCUT2D eigenvalue weighted by Gasteiger charge is -2.18. The summed E-state index contributed by atoms with van der Waals surface area (Å²) in [6, 6.07) is 5.76. The van der Waals surface area contributed by atoms with Gasteiger partial charge in [0, 0.05) is 31.2 Å². The number of aliphatic imine (C=N–C) groups is 1. The van der Waals surface area contributed by atoms with Gasteiger partial charge in [-0.15, -0.1) is 10.2 Å². The molecule has 0 unspecified atom stereocenters. The van der Waals surface area contributed by atoms with Gasteiger partial charge in [0.15, 0.2) is 17.4 Å². The van der Waals surface area contributed by atoms with E-state index >= 15 is 0 Å². The van der Waals surface area contributed by atoms with Crippen LogP contribution >= 0.6 is 0 Å². The first-order valence-electron chi connectivity index (χ1n) is 8.51. The lowest BCUT2D eigenvalue weighted by Crippen LogP contribution is -2.43. The maximum atomic E-state index is 11.8. The summed E-state index contributed by atoms with van der Waals surface area (Å²) < 4.78 is 1.91. The van der Waals surface area contributed by atoms with E-state index in [9.17, 15) is 4.79 Å². The van der Waals surface area contributed by atoms with Crippen LogP contribution in [0, 0.1) is 5.41 Å². The molecule has 0 aliphatic rings. The van der Waals surface area contributed by atoms with E-state index in [4.69, 9.17) is 0 Å². The molecule has 3 N–H and O–H groups in total. The van der Waals surface area contributed by atoms with Crippen molar-refractivity contribution in [3.63, 3.8) is 0 Å². The van der Waals surface area contributed by atoms with Gasteiger partial charge in [-0.3, -0.25) is 9.20 Å². The van der Waals surface area contributed by atoms with E-state index in [-0.39, 0.29) is 11.3 Å². The van der Waals surface area contributed by atoms with Crippen LogP contribution in [0.25, 0.3) is 5.65 Å². The van der Waals surface area contributed by atoms with Crippen LogP contribution < -0.4 is 16.0 Å². The van der Waals surface area contributed by atoms with Crippen LogP contribution in [0.15, 0.2) is 29.4 Å². The maximum absolute atomic E-state index is 11.8. The molecule has 0 aromatic carbocycles. The van der Waals surface area contributed by atoms with Gasteiger partial charge >= 0.3 is 0 Å². The molecule has 0 aliphatic carbocycles. The number of amides is 1. The van der Waals surface area contributed by atoms with Crippen molar-refractivity contribution in [3.05, 3.63) is 30.2 Å². The molecule has 0 atom stereocenters. The third-order valence-electron chi connectivity index (χ3n) is 3.49. The fourth-order valence-electron chi connectivity index (χ4n) is 2.11. The highest BCUT2D eigenvalue weighted by atomic mass is 16.2. The van der Waals surface area contributed by atoms with E-state index < -0.39 is 0 Å². The number of nitrogens with zero attached hydrogens (tertiary/aromatic N) is 4. The molecule has 1 amide bonds. The van der Waals surface area contributed by atoms with Crippen LogP contribution in [0.1, 0.15) is 33.5 Å². The Bertz CT molecular complexity index is 730. The van der Waals surface area contributed by atoms with Crippen molar-refractivity contribution >= 4 is 17.5 Å². The van der Waals surface area contributed by atoms with Crippen molar-refractivity contribution < 1.29 is 4.79 Å². The van der Waals surface area contributed by atoms with Gasteiger partial charge in [-0.2, -0.15) is 0 Å². The molecule has 25 heavy (non-hydrogen) atoms. The van der Waals surface area contributed by atoms with E-state index in [1.165, 1.54) is 0 Å². The largest absolute Gasteiger partial charge is 0.357 e. The second kappa shape index (κ2) is 8.46. The van der Waals surface area contributed by atoms with Crippen LogP contribution in [0.5, 0.6) is 0 Å². The highest BCUT2D eigenvalue weighted by molar-refractivity contribution is 5.81. The molecule has 8 heteroatoms. The van der Waals surface area contributed by atoms with Crippen LogP contribution in [-0.2, 0) is 11.3 Å². The summed E-state index contributed by atoms with van der Waals surface area (Å²) in [6.45, 7) is 9.97. The number of fused-ring (bicyclic) bond motifs is 1. The summed E-state index contributed by atoms with van der Waals surface area (Å²) in [7, 11) is 0. The summed E-state index contributed by atoms with van der Waals surface area (Å²) in [6.07, 6.45) is 1.92. The average Bonchev–Trinajstić information content (AvgIpc) is 2.98. The molecular weight excluding hydrogens is 318 g/mol. The second-order valence-electron chi connectivity index (χ2n) is 6.67. The van der Waals surface area contributed by atoms with Crippen molar-refractivity contribution in [3.8, 4) is 0 Å². The predicted octanol–water partition coefficient (Wildman–Crippen LogP) is 0.947. The number of carbonyl (C=O) groups excluding carboxylic acids is 1. The Morgan fingerprint density at radius 2 is 1.92 bits per heavy atom. The average molecular weight is 345 g/mol. The van der Waals surface area contributed by atoms with Crippen molar-refractivity contribution in [2.45, 2.75) is 34.2 Å². The summed E-state index contributed by atoms with van der Waals surface area (Å²) in [5.74, 6) is 1.49. The molecule has 0 saturated carbocycles. The Labute approximate surface area is 148 Å². The van der Waals surface area contributed by atoms with Crippen molar-refractivity contribution in [2.75, 3.05) is 19.6 Å². The number of carbonyl (C=O) groups is 1. The highest BCUT2D eigenvalue weighted by Gasteiger charge is 2.20. The molecule has 2 aromatic rings. The molecular formula is C17H27N7O. The van der Waals surface area contributed by atoms with Crippen LogP contribution in [-0.4, -0.2) is 46.1 Å². The molecule has 0 aliphatic heterocycles. The number of guanidine groups is 1. The number of hydrogen-bond donors (Lipinski definition) is 3. The Hall–Kier alpha value is -2.64. The van der Waals surface area contributed by atoms with Crippen molar-refractivity contribution in [2.24, 2.45) is 10.4 Å². The smallest absolute Gasteiger partial charge is 0.225 e. The standard InChI is InChI=1S/C17H27N7O/c1-5-18-16(20-10-9-19-15(25)17(2,3)4)21-12-14-23-22-13-8-6-7-11-24(13)14/h6-8,11H,5,9-10,12H2,1-4H3,(H,19,25)(H2,18,20,21). The Balaban J connectivity index is 1.89. The van der Waals surface area contributed by atoms with Gasteiger partial charge in [-0.1, -0.05) is 26.8 Å². The summed E-state index contributed by atoms with van der Waals surface area (Å²) >= 11 is 0. The summed E-state index contributed by atoms with van der Waals surface area (Å²) in [5, 5.41) is 17.6. The second-order valence-corrected chi connectivity index (χ2v) is 6.67. The lowest BCUT2D eigenvalue weighted by molar-refractivity contribution is -0.128. The van der Waals surface area contributed by atoms with Crippen molar-refractivity contribution in [1.82, 2.24) is 30.5 Å². The van der Waals surface area contributed by atoms with E-state index in [1.807, 2.05) is 56.5 Å². The molecule has 0 saturated heterocycles. The molecule has 2 aromatic heterocycles. The van der Waals surface area contributed by atoms with Gasteiger partial charge in [0.05, 0.1) is 0 Å². The van der Waals surface area contributed by atoms with E-state index in [0.29, 0.717) is 25.6 Å². The molecule has 0 fully saturated rings. The first kappa shape index (κ1) is 18.7. The number of hydrogen-bond acceptors (Lipinski definition) is 4. The summed E-state index contributed by atoms with van der Waals surface area (Å²) in [4.78, 5) is 16.4. The third kappa shape index (κ3) is 5.44. The molecule has 2 heterocycles. The minimum absolute atomic E-state index is 0.0335. The van der Waals surface area contributed by atoms with Crippen molar-refractivity contribution in [1.29, 1.82) is 0 Å². The highest BCUT2D eigenvalue weighted by Crippen LogP contribution is 2.11. The Kier molecular flexibility index (Phi) is 6.32. The first-order chi connectivity index (χ1) is 11.9. The molecule has 2 rings (SSSR count). The lowest BCUT2D eigenvalue weighted by atomic mass is 9.96. The topological polar surface area (TPSA) is 95.7 Å². The fourth-order valence-corrected chi connectivity index (χ4v) is 2.11. The van der Waals surface area contributed by atoms with Gasteiger partial charge < -0.3 is 16.0 Å². The number of pyridine rings is 1. The molecule has 0 radical (unpaired) electrons. The normalized spacial score (nSPS) is 12.2.